The molecule has 1 heterocycles. The molecule has 0 spiro atoms. The summed E-state index contributed by atoms with van der Waals surface area (Å²) in [5.41, 5.74) is 2.44. The molecule has 4 rings (SSSR count). The quantitative estimate of drug-likeness (QED) is 0.632. The lowest BCUT2D eigenvalue weighted by molar-refractivity contribution is 0.232. The van der Waals surface area contributed by atoms with Gasteiger partial charge in [-0.15, -0.1) is 0 Å². The molecule has 0 radical (unpaired) electrons. The van der Waals surface area contributed by atoms with Crippen molar-refractivity contribution in [2.75, 3.05) is 0 Å². The molecule has 1 aromatic heterocycles. The van der Waals surface area contributed by atoms with Crippen molar-refractivity contribution in [2.45, 2.75) is 49.0 Å². The average Bonchev–Trinajstić information content (AvgIpc) is 2.74. The van der Waals surface area contributed by atoms with Gasteiger partial charge in [0.1, 0.15) is 0 Å². The normalized spacial score (nSPS) is 21.7. The van der Waals surface area contributed by atoms with Crippen LogP contribution in [0.15, 0.2) is 70.4 Å². The zero-order valence-corrected chi connectivity index (χ0v) is 18.7. The fourth-order valence-corrected chi connectivity index (χ4v) is 5.00. The van der Waals surface area contributed by atoms with E-state index < -0.39 is 10.0 Å². The van der Waals surface area contributed by atoms with E-state index in [4.69, 9.17) is 16.7 Å². The molecular formula is C23H24ClN3O3S. The maximum atomic E-state index is 12.6. The summed E-state index contributed by atoms with van der Waals surface area (Å²) in [7, 11) is -3.75. The summed E-state index contributed by atoms with van der Waals surface area (Å²) in [6.07, 6.45) is 3.53. The first-order chi connectivity index (χ1) is 14.7. The van der Waals surface area contributed by atoms with Crippen LogP contribution in [0.1, 0.15) is 44.2 Å². The van der Waals surface area contributed by atoms with Crippen LogP contribution >= 0.6 is 11.6 Å². The first kappa shape index (κ1) is 21.7. The van der Waals surface area contributed by atoms with E-state index in [1.807, 2.05) is 18.2 Å². The Balaban J connectivity index is 1.57. The Hall–Kier alpha value is -2.48. The molecule has 6 nitrogen and oxygen atoms in total. The summed E-state index contributed by atoms with van der Waals surface area (Å²) in [5, 5.41) is 10.5. The van der Waals surface area contributed by atoms with Crippen LogP contribution in [0.4, 0.5) is 0 Å². The first-order valence-corrected chi connectivity index (χ1v) is 12.1. The van der Waals surface area contributed by atoms with Crippen molar-refractivity contribution in [2.24, 2.45) is 5.14 Å². The fraction of sp³-hybridized carbons (Fsp3) is 0.304. The number of benzene rings is 2. The molecular weight excluding hydrogens is 434 g/mol. The molecule has 0 amide bonds. The number of hydrogen-bond acceptors (Lipinski definition) is 4. The van der Waals surface area contributed by atoms with Gasteiger partial charge >= 0.3 is 0 Å². The maximum Gasteiger partial charge on any atom is 0.267 e. The minimum atomic E-state index is -3.75. The second-order valence-corrected chi connectivity index (χ2v) is 10.4. The zero-order chi connectivity index (χ0) is 22.2. The Morgan fingerprint density at radius 3 is 2.35 bits per heavy atom. The largest absolute Gasteiger partial charge is 0.268 e. The lowest BCUT2D eigenvalue weighted by Crippen LogP contribution is -2.34. The molecule has 0 saturated heterocycles. The van der Waals surface area contributed by atoms with Crippen molar-refractivity contribution in [3.05, 3.63) is 81.6 Å². The molecule has 0 unspecified atom stereocenters. The van der Waals surface area contributed by atoms with Crippen molar-refractivity contribution in [1.82, 2.24) is 9.78 Å². The maximum absolute atomic E-state index is 12.6. The van der Waals surface area contributed by atoms with Crippen molar-refractivity contribution < 1.29 is 8.42 Å². The molecule has 3 aromatic rings. The molecule has 2 N–H and O–H groups in total. The van der Waals surface area contributed by atoms with Gasteiger partial charge < -0.3 is 0 Å². The van der Waals surface area contributed by atoms with E-state index in [0.29, 0.717) is 5.69 Å². The van der Waals surface area contributed by atoms with E-state index in [-0.39, 0.29) is 21.9 Å². The van der Waals surface area contributed by atoms with Gasteiger partial charge in [-0.2, -0.15) is 5.10 Å². The smallest absolute Gasteiger partial charge is 0.267 e. The fourth-order valence-electron chi connectivity index (χ4n) is 4.29. The molecule has 0 aliphatic heterocycles. The number of aromatic nitrogens is 2. The Kier molecular flexibility index (Phi) is 5.77. The summed E-state index contributed by atoms with van der Waals surface area (Å²) < 4.78 is 24.5. The average molecular weight is 458 g/mol. The molecule has 31 heavy (non-hydrogen) atoms. The molecule has 1 fully saturated rings. The monoisotopic (exact) mass is 457 g/mol. The number of nitrogens with two attached hydrogens (primary N) is 1. The SMILES string of the molecule is C[C@]1(c2cccc(Cl)c2)CC[C@H](n2nc(-c3ccc(S(N)(=O)=O)cc3)ccc2=O)CC1. The Morgan fingerprint density at radius 1 is 1.06 bits per heavy atom. The third kappa shape index (κ3) is 4.59. The Morgan fingerprint density at radius 2 is 1.74 bits per heavy atom. The summed E-state index contributed by atoms with van der Waals surface area (Å²) in [6.45, 7) is 2.24. The van der Waals surface area contributed by atoms with Gasteiger partial charge in [-0.25, -0.2) is 18.2 Å². The van der Waals surface area contributed by atoms with Gasteiger partial charge in [-0.1, -0.05) is 42.8 Å². The highest BCUT2D eigenvalue weighted by molar-refractivity contribution is 7.89. The molecule has 8 heteroatoms. The second kappa shape index (κ2) is 8.22. The number of sulfonamides is 1. The van der Waals surface area contributed by atoms with Crippen molar-refractivity contribution in [3.63, 3.8) is 0 Å². The van der Waals surface area contributed by atoms with Gasteiger partial charge in [0.25, 0.3) is 5.56 Å². The molecule has 162 valence electrons. The highest BCUT2D eigenvalue weighted by atomic mass is 35.5. The number of primary sulfonamides is 1. The predicted octanol–water partition coefficient (Wildman–Crippen LogP) is 4.28. The van der Waals surface area contributed by atoms with E-state index >= 15 is 0 Å². The lowest BCUT2D eigenvalue weighted by atomic mass is 9.69. The van der Waals surface area contributed by atoms with Crippen molar-refractivity contribution in [1.29, 1.82) is 0 Å². The highest BCUT2D eigenvalue weighted by Gasteiger charge is 2.34. The molecule has 0 bridgehead atoms. The second-order valence-electron chi connectivity index (χ2n) is 8.37. The van der Waals surface area contributed by atoms with Crippen LogP contribution in [0.2, 0.25) is 5.02 Å². The topological polar surface area (TPSA) is 95.1 Å². The van der Waals surface area contributed by atoms with Crippen LogP contribution in [0.3, 0.4) is 0 Å². The molecule has 1 aliphatic rings. The summed E-state index contributed by atoms with van der Waals surface area (Å²) in [4.78, 5) is 12.6. The van der Waals surface area contributed by atoms with Crippen LogP contribution in [0.5, 0.6) is 0 Å². The van der Waals surface area contributed by atoms with Gasteiger partial charge in [0.2, 0.25) is 10.0 Å². The van der Waals surface area contributed by atoms with Gasteiger partial charge in [-0.3, -0.25) is 4.79 Å². The Labute approximate surface area is 186 Å². The van der Waals surface area contributed by atoms with Crippen LogP contribution in [0.25, 0.3) is 11.3 Å². The first-order valence-electron chi connectivity index (χ1n) is 10.1. The summed E-state index contributed by atoms with van der Waals surface area (Å²) >= 11 is 6.19. The van der Waals surface area contributed by atoms with E-state index in [1.165, 1.54) is 23.8 Å². The predicted molar refractivity (Wildman–Crippen MR) is 122 cm³/mol. The van der Waals surface area contributed by atoms with Crippen molar-refractivity contribution in [3.8, 4) is 11.3 Å². The molecule has 1 saturated carbocycles. The van der Waals surface area contributed by atoms with E-state index in [2.05, 4.69) is 18.1 Å². The third-order valence-corrected chi connectivity index (χ3v) is 7.39. The molecule has 0 atom stereocenters. The number of halogens is 1. The van der Waals surface area contributed by atoms with E-state index in [1.54, 1.807) is 22.9 Å². The number of hydrogen-bond donors (Lipinski definition) is 1. The van der Waals surface area contributed by atoms with Crippen molar-refractivity contribution >= 4 is 21.6 Å². The van der Waals surface area contributed by atoms with E-state index in [9.17, 15) is 13.2 Å². The highest BCUT2D eigenvalue weighted by Crippen LogP contribution is 2.43. The summed E-state index contributed by atoms with van der Waals surface area (Å²) in [6, 6.07) is 17.4. The van der Waals surface area contributed by atoms with Crippen LogP contribution < -0.4 is 10.7 Å². The van der Waals surface area contributed by atoms with Crippen LogP contribution in [-0.2, 0) is 15.4 Å². The standard InChI is InChI=1S/C23H24ClN3O3S/c1-23(17-3-2-4-18(24)15-17)13-11-19(12-14-23)27-22(28)10-9-21(26-27)16-5-7-20(8-6-16)31(25,29)30/h2-10,15,19H,11-14H2,1H3,(H2,25,29,30)/t19-,23-. The van der Waals surface area contributed by atoms with Gasteiger partial charge in [0, 0.05) is 16.7 Å². The molecule has 2 aromatic carbocycles. The van der Waals surface area contributed by atoms with Gasteiger partial charge in [-0.05, 0) is 67.0 Å². The van der Waals surface area contributed by atoms with Gasteiger partial charge in [0.15, 0.2) is 0 Å². The summed E-state index contributed by atoms with van der Waals surface area (Å²) in [5.74, 6) is 0. The zero-order valence-electron chi connectivity index (χ0n) is 17.2. The van der Waals surface area contributed by atoms with Crippen LogP contribution in [-0.4, -0.2) is 18.2 Å². The number of nitrogens with zero attached hydrogens (tertiary/aromatic N) is 2. The lowest BCUT2D eigenvalue weighted by Gasteiger charge is -2.38. The Bertz CT molecular complexity index is 1260. The van der Waals surface area contributed by atoms with E-state index in [0.717, 1.165) is 36.3 Å². The minimum Gasteiger partial charge on any atom is -0.268 e. The van der Waals surface area contributed by atoms with Gasteiger partial charge in [0.05, 0.1) is 16.6 Å². The van der Waals surface area contributed by atoms with Crippen LogP contribution in [0, 0.1) is 0 Å². The third-order valence-electron chi connectivity index (χ3n) is 6.23. The number of rotatable bonds is 4. The molecule has 1 aliphatic carbocycles. The minimum absolute atomic E-state index is 0.0170.